The lowest BCUT2D eigenvalue weighted by atomic mass is 10.0. The molecule has 0 spiro atoms. The topological polar surface area (TPSA) is 74.6 Å². The first-order valence-corrected chi connectivity index (χ1v) is 5.47. The van der Waals surface area contributed by atoms with Gasteiger partial charge in [0.25, 0.3) is 0 Å². The van der Waals surface area contributed by atoms with Gasteiger partial charge in [0.05, 0.1) is 0 Å². The number of rotatable bonds is 2. The molecular weight excluding hydrogens is 269 g/mol. The molecule has 0 aliphatic heterocycles. The third-order valence-corrected chi connectivity index (χ3v) is 2.69. The fraction of sp³-hybridized carbons (Fsp3) is 0. The van der Waals surface area contributed by atoms with Crippen molar-refractivity contribution in [3.05, 3.63) is 59.4 Å². The maximum atomic E-state index is 13.2. The molecule has 7 heteroatoms. The Morgan fingerprint density at radius 1 is 0.950 bits per heavy atom. The first kappa shape index (κ1) is 13.7. The lowest BCUT2D eigenvalue weighted by Gasteiger charge is -2.05. The number of hydrogen-bond donors (Lipinski definition) is 2. The zero-order chi connectivity index (χ0) is 14.7. The molecule has 2 aromatic carbocycles. The van der Waals surface area contributed by atoms with Crippen molar-refractivity contribution in [2.45, 2.75) is 0 Å². The first-order valence-electron chi connectivity index (χ1n) is 5.47. The van der Waals surface area contributed by atoms with Crippen LogP contribution in [0, 0.1) is 23.0 Å². The molecular formula is C13H9F3N4. The van der Waals surface area contributed by atoms with E-state index in [0.29, 0.717) is 11.1 Å². The zero-order valence-corrected chi connectivity index (χ0v) is 10.1. The molecule has 0 aliphatic rings. The summed E-state index contributed by atoms with van der Waals surface area (Å²) in [6, 6.07) is 7.96. The van der Waals surface area contributed by atoms with Gasteiger partial charge in [-0.1, -0.05) is 24.3 Å². The Hall–Kier alpha value is -2.70. The monoisotopic (exact) mass is 278 g/mol. The minimum Gasteiger partial charge on any atom is -0.321 e. The van der Waals surface area contributed by atoms with Crippen LogP contribution in [-0.2, 0) is 0 Å². The van der Waals surface area contributed by atoms with E-state index in [0.717, 1.165) is 12.1 Å². The Balaban J connectivity index is 2.43. The van der Waals surface area contributed by atoms with E-state index >= 15 is 0 Å². The van der Waals surface area contributed by atoms with Crippen molar-refractivity contribution in [3.63, 3.8) is 0 Å². The second kappa shape index (κ2) is 5.52. The van der Waals surface area contributed by atoms with Gasteiger partial charge in [-0.25, -0.2) is 18.7 Å². The van der Waals surface area contributed by atoms with Crippen LogP contribution in [0.25, 0.3) is 11.1 Å². The van der Waals surface area contributed by atoms with Crippen LogP contribution in [0.3, 0.4) is 0 Å². The Morgan fingerprint density at radius 3 is 1.95 bits per heavy atom. The Bertz CT molecular complexity index is 658. The Kier molecular flexibility index (Phi) is 3.79. The summed E-state index contributed by atoms with van der Waals surface area (Å²) >= 11 is 0. The first-order chi connectivity index (χ1) is 9.56. The van der Waals surface area contributed by atoms with Crippen molar-refractivity contribution in [2.24, 2.45) is 16.1 Å². The molecule has 20 heavy (non-hydrogen) atoms. The maximum Gasteiger partial charge on any atom is 0.199 e. The SMILES string of the molecule is N=N/C(=N\N)c1ccc(-c2cc(F)c(F)c(F)c2)cc1. The van der Waals surface area contributed by atoms with Crippen molar-refractivity contribution < 1.29 is 13.2 Å². The van der Waals surface area contributed by atoms with E-state index in [1.54, 1.807) is 0 Å². The Morgan fingerprint density at radius 2 is 1.50 bits per heavy atom. The highest BCUT2D eigenvalue weighted by Gasteiger charge is 2.12. The molecule has 0 bridgehead atoms. The predicted molar refractivity (Wildman–Crippen MR) is 67.6 cm³/mol. The summed E-state index contributed by atoms with van der Waals surface area (Å²) in [6.07, 6.45) is 0. The van der Waals surface area contributed by atoms with E-state index in [1.165, 1.54) is 24.3 Å². The van der Waals surface area contributed by atoms with Crippen LogP contribution < -0.4 is 5.84 Å². The van der Waals surface area contributed by atoms with Crippen molar-refractivity contribution in [3.8, 4) is 11.1 Å². The number of nitrogens with one attached hydrogen (secondary N) is 1. The third-order valence-electron chi connectivity index (χ3n) is 2.69. The third kappa shape index (κ3) is 2.51. The Labute approximate surface area is 112 Å². The van der Waals surface area contributed by atoms with Gasteiger partial charge in [-0.15, -0.1) is 5.11 Å². The van der Waals surface area contributed by atoms with Gasteiger partial charge in [0.2, 0.25) is 0 Å². The summed E-state index contributed by atoms with van der Waals surface area (Å²) in [6.45, 7) is 0. The van der Waals surface area contributed by atoms with Crippen molar-refractivity contribution >= 4 is 5.84 Å². The van der Waals surface area contributed by atoms with Gasteiger partial charge >= 0.3 is 0 Å². The molecule has 0 saturated heterocycles. The van der Waals surface area contributed by atoms with Crippen LogP contribution >= 0.6 is 0 Å². The number of hydrazone groups is 1. The number of benzene rings is 2. The molecule has 0 radical (unpaired) electrons. The van der Waals surface area contributed by atoms with Gasteiger partial charge in [0.1, 0.15) is 0 Å². The van der Waals surface area contributed by atoms with E-state index in [9.17, 15) is 13.2 Å². The van der Waals surface area contributed by atoms with Crippen molar-refractivity contribution in [1.82, 2.24) is 0 Å². The van der Waals surface area contributed by atoms with Crippen LogP contribution in [0.15, 0.2) is 46.6 Å². The molecule has 0 unspecified atom stereocenters. The molecule has 2 rings (SSSR count). The highest BCUT2D eigenvalue weighted by Crippen LogP contribution is 2.24. The molecule has 102 valence electrons. The highest BCUT2D eigenvalue weighted by atomic mass is 19.2. The van der Waals surface area contributed by atoms with Crippen molar-refractivity contribution in [2.75, 3.05) is 0 Å². The number of amidine groups is 1. The van der Waals surface area contributed by atoms with E-state index < -0.39 is 17.5 Å². The fourth-order valence-electron chi connectivity index (χ4n) is 1.70. The molecule has 0 atom stereocenters. The van der Waals surface area contributed by atoms with Gasteiger partial charge in [0.15, 0.2) is 23.3 Å². The fourth-order valence-corrected chi connectivity index (χ4v) is 1.70. The van der Waals surface area contributed by atoms with Crippen LogP contribution in [0.1, 0.15) is 5.56 Å². The standard InChI is InChI=1S/C13H9F3N4/c14-10-5-9(6-11(15)12(10)16)7-1-3-8(4-2-7)13(19-17)20-18/h1-6,17H,18H2/b19-17?,20-13-. The molecule has 0 heterocycles. The van der Waals surface area contributed by atoms with Gasteiger partial charge in [-0.05, 0) is 23.3 Å². The van der Waals surface area contributed by atoms with Gasteiger partial charge < -0.3 is 5.84 Å². The summed E-state index contributed by atoms with van der Waals surface area (Å²) in [5.74, 6) is 1.06. The molecule has 4 nitrogen and oxygen atoms in total. The van der Waals surface area contributed by atoms with E-state index in [4.69, 9.17) is 11.4 Å². The molecule has 0 aromatic heterocycles. The van der Waals surface area contributed by atoms with Gasteiger partial charge in [-0.2, -0.15) is 5.10 Å². The average molecular weight is 278 g/mol. The average Bonchev–Trinajstić information content (AvgIpc) is 2.46. The lowest BCUT2D eigenvalue weighted by molar-refractivity contribution is 0.448. The number of nitrogens with two attached hydrogens (primary N) is 1. The van der Waals surface area contributed by atoms with E-state index in [-0.39, 0.29) is 11.4 Å². The lowest BCUT2D eigenvalue weighted by Crippen LogP contribution is -1.99. The second-order valence-corrected chi connectivity index (χ2v) is 3.90. The van der Waals surface area contributed by atoms with E-state index in [2.05, 4.69) is 10.2 Å². The predicted octanol–water partition coefficient (Wildman–Crippen LogP) is 3.42. The van der Waals surface area contributed by atoms with Crippen LogP contribution in [0.4, 0.5) is 13.2 Å². The number of nitrogens with zero attached hydrogens (tertiary/aromatic N) is 2. The quantitative estimate of drug-likeness (QED) is 0.217. The minimum atomic E-state index is -1.50. The summed E-state index contributed by atoms with van der Waals surface area (Å²) in [5, 5.41) is 6.44. The van der Waals surface area contributed by atoms with E-state index in [1.807, 2.05) is 0 Å². The summed E-state index contributed by atoms with van der Waals surface area (Å²) in [7, 11) is 0. The summed E-state index contributed by atoms with van der Waals surface area (Å²) in [5.41, 5.74) is 8.03. The minimum absolute atomic E-state index is 0.0213. The molecule has 2 aromatic rings. The molecule has 0 aliphatic carbocycles. The smallest absolute Gasteiger partial charge is 0.199 e. The van der Waals surface area contributed by atoms with Crippen molar-refractivity contribution in [1.29, 1.82) is 5.53 Å². The van der Waals surface area contributed by atoms with Gasteiger partial charge in [-0.3, -0.25) is 0 Å². The molecule has 3 N–H and O–H groups in total. The van der Waals surface area contributed by atoms with Gasteiger partial charge in [0, 0.05) is 5.56 Å². The number of hydrogen-bond acceptors (Lipinski definition) is 3. The van der Waals surface area contributed by atoms with Crippen LogP contribution in [-0.4, -0.2) is 5.84 Å². The highest BCUT2D eigenvalue weighted by molar-refractivity contribution is 5.99. The zero-order valence-electron chi connectivity index (χ0n) is 10.1. The van der Waals surface area contributed by atoms with Crippen LogP contribution in [0.5, 0.6) is 0 Å². The van der Waals surface area contributed by atoms with Crippen LogP contribution in [0.2, 0.25) is 0 Å². The second-order valence-electron chi connectivity index (χ2n) is 3.90. The largest absolute Gasteiger partial charge is 0.321 e. The maximum absolute atomic E-state index is 13.2. The number of halogens is 3. The molecule has 0 amide bonds. The summed E-state index contributed by atoms with van der Waals surface area (Å²) in [4.78, 5) is 0. The summed E-state index contributed by atoms with van der Waals surface area (Å²) < 4.78 is 39.2. The normalized spacial score (nSPS) is 11.4. The molecule has 0 fully saturated rings. The molecule has 0 saturated carbocycles.